The third kappa shape index (κ3) is 3.56. The van der Waals surface area contributed by atoms with Gasteiger partial charge in [0, 0.05) is 26.3 Å². The van der Waals surface area contributed by atoms with Crippen LogP contribution >= 0.6 is 0 Å². The maximum Gasteiger partial charge on any atom is 0.170 e. The zero-order chi connectivity index (χ0) is 13.5. The topological polar surface area (TPSA) is 56.5 Å². The quantitative estimate of drug-likeness (QED) is 0.774. The van der Waals surface area contributed by atoms with Crippen molar-refractivity contribution in [2.45, 2.75) is 6.54 Å². The second-order valence-corrected chi connectivity index (χ2v) is 4.05. The summed E-state index contributed by atoms with van der Waals surface area (Å²) in [6, 6.07) is 9.62. The van der Waals surface area contributed by atoms with Gasteiger partial charge in [-0.25, -0.2) is 0 Å². The smallest absolute Gasteiger partial charge is 0.170 e. The van der Waals surface area contributed by atoms with Crippen LogP contribution in [0.2, 0.25) is 0 Å². The molecule has 19 heavy (non-hydrogen) atoms. The monoisotopic (exact) mass is 262 g/mol. The molecule has 2 rings (SSSR count). The molecular weight excluding hydrogens is 244 g/mol. The van der Waals surface area contributed by atoms with Gasteiger partial charge < -0.3 is 19.3 Å². The molecule has 0 amide bonds. The first-order valence-corrected chi connectivity index (χ1v) is 6.13. The molecule has 1 aromatic carbocycles. The maximum atomic E-state index is 5.35. The molecule has 1 heterocycles. The van der Waals surface area contributed by atoms with Crippen molar-refractivity contribution in [2.24, 2.45) is 0 Å². The van der Waals surface area contributed by atoms with Crippen molar-refractivity contribution >= 4 is 0 Å². The lowest BCUT2D eigenvalue weighted by molar-refractivity contribution is 0.199. The minimum absolute atomic E-state index is 0.655. The van der Waals surface area contributed by atoms with Crippen molar-refractivity contribution in [1.82, 2.24) is 10.5 Å². The normalized spacial score (nSPS) is 10.6. The molecule has 5 heteroatoms. The number of nitrogens with zero attached hydrogens (tertiary/aromatic N) is 1. The second-order valence-electron chi connectivity index (χ2n) is 4.05. The molecule has 1 aromatic heterocycles. The molecule has 2 aromatic rings. The van der Waals surface area contributed by atoms with Gasteiger partial charge in [-0.15, -0.1) is 0 Å². The molecule has 1 N–H and O–H groups in total. The summed E-state index contributed by atoms with van der Waals surface area (Å²) in [5.74, 6) is 1.48. The lowest BCUT2D eigenvalue weighted by Gasteiger charge is -2.03. The summed E-state index contributed by atoms with van der Waals surface area (Å²) in [7, 11) is 3.32. The van der Waals surface area contributed by atoms with Crippen molar-refractivity contribution in [3.05, 3.63) is 36.0 Å². The SMILES string of the molecule is COCCNCc1cc(-c2ccccc2OC)on1. The molecule has 0 radical (unpaired) electrons. The summed E-state index contributed by atoms with van der Waals surface area (Å²) in [6.07, 6.45) is 0. The van der Waals surface area contributed by atoms with E-state index in [0.717, 1.165) is 23.6 Å². The molecule has 0 aliphatic rings. The van der Waals surface area contributed by atoms with Crippen molar-refractivity contribution in [3.63, 3.8) is 0 Å². The molecule has 0 saturated carbocycles. The van der Waals surface area contributed by atoms with Gasteiger partial charge in [0.05, 0.1) is 25.0 Å². The fourth-order valence-corrected chi connectivity index (χ4v) is 1.76. The summed E-state index contributed by atoms with van der Waals surface area (Å²) < 4.78 is 15.6. The molecule has 0 saturated heterocycles. The first kappa shape index (κ1) is 13.6. The third-order valence-electron chi connectivity index (χ3n) is 2.72. The number of para-hydroxylation sites is 1. The van der Waals surface area contributed by atoms with E-state index in [-0.39, 0.29) is 0 Å². The van der Waals surface area contributed by atoms with Crippen LogP contribution < -0.4 is 10.1 Å². The van der Waals surface area contributed by atoms with Crippen LogP contribution in [0.25, 0.3) is 11.3 Å². The van der Waals surface area contributed by atoms with E-state index < -0.39 is 0 Å². The Kier molecular flexibility index (Phi) is 4.94. The molecule has 0 bridgehead atoms. The van der Waals surface area contributed by atoms with E-state index in [0.29, 0.717) is 18.9 Å². The van der Waals surface area contributed by atoms with Gasteiger partial charge in [-0.1, -0.05) is 17.3 Å². The minimum atomic E-state index is 0.655. The maximum absolute atomic E-state index is 5.35. The second kappa shape index (κ2) is 6.92. The minimum Gasteiger partial charge on any atom is -0.496 e. The number of aromatic nitrogens is 1. The van der Waals surface area contributed by atoms with Crippen LogP contribution in [0, 0.1) is 0 Å². The average molecular weight is 262 g/mol. The predicted molar refractivity (Wildman–Crippen MR) is 72.1 cm³/mol. The van der Waals surface area contributed by atoms with Gasteiger partial charge in [0.1, 0.15) is 5.75 Å². The largest absolute Gasteiger partial charge is 0.496 e. The van der Waals surface area contributed by atoms with Gasteiger partial charge in [-0.2, -0.15) is 0 Å². The zero-order valence-electron chi connectivity index (χ0n) is 11.2. The molecule has 0 spiro atoms. The van der Waals surface area contributed by atoms with E-state index >= 15 is 0 Å². The predicted octanol–water partition coefficient (Wildman–Crippen LogP) is 2.09. The van der Waals surface area contributed by atoms with Crippen LogP contribution in [-0.2, 0) is 11.3 Å². The first-order chi connectivity index (χ1) is 9.35. The van der Waals surface area contributed by atoms with Crippen molar-refractivity contribution in [3.8, 4) is 17.1 Å². The standard InChI is InChI=1S/C14H18N2O3/c1-17-8-7-15-10-11-9-14(19-16-11)12-5-3-4-6-13(12)18-2/h3-6,9,15H,7-8,10H2,1-2H3. The van der Waals surface area contributed by atoms with Crippen LogP contribution in [-0.4, -0.2) is 32.5 Å². The van der Waals surface area contributed by atoms with E-state index in [9.17, 15) is 0 Å². The highest BCUT2D eigenvalue weighted by Gasteiger charge is 2.10. The highest BCUT2D eigenvalue weighted by Crippen LogP contribution is 2.29. The summed E-state index contributed by atoms with van der Waals surface area (Å²) in [5, 5.41) is 7.25. The van der Waals surface area contributed by atoms with E-state index in [4.69, 9.17) is 14.0 Å². The molecule has 0 unspecified atom stereocenters. The van der Waals surface area contributed by atoms with Crippen LogP contribution in [0.4, 0.5) is 0 Å². The van der Waals surface area contributed by atoms with Gasteiger partial charge in [-0.05, 0) is 12.1 Å². The molecule has 0 aliphatic heterocycles. The number of hydrogen-bond acceptors (Lipinski definition) is 5. The Bertz CT molecular complexity index is 511. The summed E-state index contributed by atoms with van der Waals surface area (Å²) in [6.45, 7) is 2.12. The fourth-order valence-electron chi connectivity index (χ4n) is 1.76. The lowest BCUT2D eigenvalue weighted by Crippen LogP contribution is -2.18. The Morgan fingerprint density at radius 3 is 2.89 bits per heavy atom. The highest BCUT2D eigenvalue weighted by atomic mass is 16.5. The molecule has 102 valence electrons. The Labute approximate surface area is 112 Å². The average Bonchev–Trinajstić information content (AvgIpc) is 2.92. The zero-order valence-corrected chi connectivity index (χ0v) is 11.2. The van der Waals surface area contributed by atoms with E-state index in [2.05, 4.69) is 10.5 Å². The van der Waals surface area contributed by atoms with Crippen LogP contribution in [0.3, 0.4) is 0 Å². The summed E-state index contributed by atoms with van der Waals surface area (Å²) in [4.78, 5) is 0. The van der Waals surface area contributed by atoms with E-state index in [1.54, 1.807) is 14.2 Å². The third-order valence-corrected chi connectivity index (χ3v) is 2.72. The van der Waals surface area contributed by atoms with E-state index in [1.165, 1.54) is 0 Å². The van der Waals surface area contributed by atoms with Crippen molar-refractivity contribution < 1.29 is 14.0 Å². The number of benzene rings is 1. The summed E-state index contributed by atoms with van der Waals surface area (Å²) in [5.41, 5.74) is 1.76. The Morgan fingerprint density at radius 1 is 1.26 bits per heavy atom. The molecule has 0 aliphatic carbocycles. The summed E-state index contributed by atoms with van der Waals surface area (Å²) >= 11 is 0. The first-order valence-electron chi connectivity index (χ1n) is 6.13. The fraction of sp³-hybridized carbons (Fsp3) is 0.357. The number of methoxy groups -OCH3 is 2. The van der Waals surface area contributed by atoms with Gasteiger partial charge in [0.2, 0.25) is 0 Å². The van der Waals surface area contributed by atoms with Gasteiger partial charge >= 0.3 is 0 Å². The molecule has 0 fully saturated rings. The molecule has 5 nitrogen and oxygen atoms in total. The van der Waals surface area contributed by atoms with E-state index in [1.807, 2.05) is 30.3 Å². The Hall–Kier alpha value is -1.85. The van der Waals surface area contributed by atoms with Crippen molar-refractivity contribution in [1.29, 1.82) is 0 Å². The van der Waals surface area contributed by atoms with Crippen LogP contribution in [0.1, 0.15) is 5.69 Å². The van der Waals surface area contributed by atoms with Crippen LogP contribution in [0.5, 0.6) is 5.75 Å². The number of ether oxygens (including phenoxy) is 2. The highest BCUT2D eigenvalue weighted by molar-refractivity contribution is 5.65. The van der Waals surface area contributed by atoms with Gasteiger partial charge in [0.15, 0.2) is 5.76 Å². The number of nitrogens with one attached hydrogen (secondary N) is 1. The van der Waals surface area contributed by atoms with Crippen molar-refractivity contribution in [2.75, 3.05) is 27.4 Å². The van der Waals surface area contributed by atoms with Gasteiger partial charge in [-0.3, -0.25) is 0 Å². The molecule has 0 atom stereocenters. The van der Waals surface area contributed by atoms with Crippen LogP contribution in [0.15, 0.2) is 34.9 Å². The molecular formula is C14H18N2O3. The Balaban J connectivity index is 2.04. The lowest BCUT2D eigenvalue weighted by atomic mass is 10.1. The number of hydrogen-bond donors (Lipinski definition) is 1. The van der Waals surface area contributed by atoms with Gasteiger partial charge in [0.25, 0.3) is 0 Å². The Morgan fingerprint density at radius 2 is 2.11 bits per heavy atom. The number of rotatable bonds is 7.